The lowest BCUT2D eigenvalue weighted by atomic mass is 10.0. The molecule has 1 aliphatic heterocycles. The minimum Gasteiger partial charge on any atom is -0.480 e. The zero-order valence-corrected chi connectivity index (χ0v) is 18.8. The first kappa shape index (κ1) is 22.5. The molecular weight excluding hydrogens is 419 g/mol. The highest BCUT2D eigenvalue weighted by atomic mass is 19.1. The SMILES string of the molecule is CC[C@H]1Oc2ccc(NC(=O)c3ccc(F)cc3)cc2CN([C@@H](CC)c2ccccc2)C1=O. The molecule has 4 rings (SSSR count). The van der Waals surface area contributed by atoms with Gasteiger partial charge >= 0.3 is 0 Å². The van der Waals surface area contributed by atoms with E-state index in [0.29, 0.717) is 30.0 Å². The number of carbonyl (C=O) groups is 2. The van der Waals surface area contributed by atoms with Crippen molar-refractivity contribution in [2.24, 2.45) is 0 Å². The molecule has 1 N–H and O–H groups in total. The molecule has 1 heterocycles. The summed E-state index contributed by atoms with van der Waals surface area (Å²) in [6, 6.07) is 20.7. The molecule has 3 aromatic carbocycles. The Morgan fingerprint density at radius 1 is 1.09 bits per heavy atom. The van der Waals surface area contributed by atoms with Gasteiger partial charge in [-0.15, -0.1) is 0 Å². The predicted octanol–water partition coefficient (Wildman–Crippen LogP) is 5.73. The number of carbonyl (C=O) groups excluding carboxylic acids is 2. The Labute approximate surface area is 193 Å². The van der Waals surface area contributed by atoms with Gasteiger partial charge in [-0.05, 0) is 60.9 Å². The Morgan fingerprint density at radius 3 is 2.48 bits per heavy atom. The van der Waals surface area contributed by atoms with Crippen molar-refractivity contribution in [3.05, 3.63) is 95.3 Å². The molecule has 0 saturated heterocycles. The van der Waals surface area contributed by atoms with Gasteiger partial charge in [0, 0.05) is 16.8 Å². The zero-order chi connectivity index (χ0) is 23.4. The lowest BCUT2D eigenvalue weighted by Crippen LogP contribution is -2.41. The van der Waals surface area contributed by atoms with Gasteiger partial charge in [0.1, 0.15) is 11.6 Å². The van der Waals surface area contributed by atoms with Crippen LogP contribution in [0.1, 0.15) is 54.2 Å². The van der Waals surface area contributed by atoms with Crippen molar-refractivity contribution < 1.29 is 18.7 Å². The molecule has 0 fully saturated rings. The maximum absolute atomic E-state index is 13.4. The highest BCUT2D eigenvalue weighted by molar-refractivity contribution is 6.04. The maximum Gasteiger partial charge on any atom is 0.264 e. The molecule has 0 bridgehead atoms. The lowest BCUT2D eigenvalue weighted by Gasteiger charge is -2.32. The highest BCUT2D eigenvalue weighted by Gasteiger charge is 2.34. The Kier molecular flexibility index (Phi) is 6.73. The van der Waals surface area contributed by atoms with Gasteiger partial charge in [0.25, 0.3) is 11.8 Å². The summed E-state index contributed by atoms with van der Waals surface area (Å²) in [5, 5.41) is 2.85. The van der Waals surface area contributed by atoms with Crippen LogP contribution in [-0.2, 0) is 11.3 Å². The second-order valence-electron chi connectivity index (χ2n) is 8.10. The summed E-state index contributed by atoms with van der Waals surface area (Å²) < 4.78 is 19.3. The number of hydrogen-bond acceptors (Lipinski definition) is 3. The van der Waals surface area contributed by atoms with Gasteiger partial charge in [0.05, 0.1) is 12.6 Å². The molecule has 0 aromatic heterocycles. The van der Waals surface area contributed by atoms with Crippen molar-refractivity contribution in [3.63, 3.8) is 0 Å². The summed E-state index contributed by atoms with van der Waals surface area (Å²) in [4.78, 5) is 27.9. The Hall–Kier alpha value is -3.67. The third-order valence-electron chi connectivity index (χ3n) is 5.91. The fourth-order valence-corrected chi connectivity index (χ4v) is 4.18. The van der Waals surface area contributed by atoms with Gasteiger partial charge in [-0.1, -0.05) is 44.2 Å². The number of benzene rings is 3. The van der Waals surface area contributed by atoms with Gasteiger partial charge in [-0.25, -0.2) is 4.39 Å². The molecular formula is C27H27FN2O3. The van der Waals surface area contributed by atoms with E-state index >= 15 is 0 Å². The molecule has 0 aliphatic carbocycles. The average molecular weight is 447 g/mol. The number of fused-ring (bicyclic) bond motifs is 1. The number of amides is 2. The topological polar surface area (TPSA) is 58.6 Å². The first-order chi connectivity index (χ1) is 16.0. The van der Waals surface area contributed by atoms with Crippen molar-refractivity contribution in [2.75, 3.05) is 5.32 Å². The molecule has 0 radical (unpaired) electrons. The van der Waals surface area contributed by atoms with Gasteiger partial charge in [-0.3, -0.25) is 9.59 Å². The molecule has 170 valence electrons. The summed E-state index contributed by atoms with van der Waals surface area (Å²) >= 11 is 0. The number of nitrogens with zero attached hydrogens (tertiary/aromatic N) is 1. The van der Waals surface area contributed by atoms with Crippen LogP contribution in [0, 0.1) is 5.82 Å². The molecule has 5 nitrogen and oxygen atoms in total. The van der Waals surface area contributed by atoms with Crippen LogP contribution in [0.25, 0.3) is 0 Å². The maximum atomic E-state index is 13.4. The molecule has 0 spiro atoms. The molecule has 1 aliphatic rings. The number of hydrogen-bond donors (Lipinski definition) is 1. The van der Waals surface area contributed by atoms with Gasteiger partial charge in [0.15, 0.2) is 6.10 Å². The predicted molar refractivity (Wildman–Crippen MR) is 126 cm³/mol. The summed E-state index contributed by atoms with van der Waals surface area (Å²) in [7, 11) is 0. The quantitative estimate of drug-likeness (QED) is 0.526. The van der Waals surface area contributed by atoms with Gasteiger partial charge < -0.3 is 15.0 Å². The van der Waals surface area contributed by atoms with Gasteiger partial charge in [-0.2, -0.15) is 0 Å². The summed E-state index contributed by atoms with van der Waals surface area (Å²) in [6.07, 6.45) is 0.759. The first-order valence-corrected chi connectivity index (χ1v) is 11.2. The zero-order valence-electron chi connectivity index (χ0n) is 18.8. The highest BCUT2D eigenvalue weighted by Crippen LogP contribution is 2.34. The van der Waals surface area contributed by atoms with Gasteiger partial charge in [0.2, 0.25) is 0 Å². The van der Waals surface area contributed by atoms with Crippen LogP contribution in [-0.4, -0.2) is 22.8 Å². The first-order valence-electron chi connectivity index (χ1n) is 11.2. The van der Waals surface area contributed by atoms with Crippen LogP contribution in [0.4, 0.5) is 10.1 Å². The van der Waals surface area contributed by atoms with Crippen LogP contribution in [0.15, 0.2) is 72.8 Å². The van der Waals surface area contributed by atoms with E-state index in [2.05, 4.69) is 12.2 Å². The minimum atomic E-state index is -0.566. The second-order valence-corrected chi connectivity index (χ2v) is 8.10. The van der Waals surface area contributed by atoms with Crippen LogP contribution < -0.4 is 10.1 Å². The number of ether oxygens (including phenoxy) is 1. The van der Waals surface area contributed by atoms with Crippen molar-refractivity contribution in [2.45, 2.75) is 45.4 Å². The fraction of sp³-hybridized carbons (Fsp3) is 0.259. The molecule has 2 amide bonds. The molecule has 6 heteroatoms. The Morgan fingerprint density at radius 2 is 1.82 bits per heavy atom. The van der Waals surface area contributed by atoms with E-state index < -0.39 is 11.9 Å². The van der Waals surface area contributed by atoms with E-state index in [-0.39, 0.29) is 17.9 Å². The molecule has 2 atom stereocenters. The van der Waals surface area contributed by atoms with E-state index in [4.69, 9.17) is 4.74 Å². The fourth-order valence-electron chi connectivity index (χ4n) is 4.18. The van der Waals surface area contributed by atoms with Crippen LogP contribution in [0.5, 0.6) is 5.75 Å². The Bertz CT molecular complexity index is 1130. The van der Waals surface area contributed by atoms with Crippen molar-refractivity contribution >= 4 is 17.5 Å². The monoisotopic (exact) mass is 446 g/mol. The number of anilines is 1. The normalized spacial score (nSPS) is 16.4. The summed E-state index contributed by atoms with van der Waals surface area (Å²) in [5.41, 5.74) is 2.85. The minimum absolute atomic E-state index is 0.0405. The molecule has 0 saturated carbocycles. The van der Waals surface area contributed by atoms with E-state index in [0.717, 1.165) is 17.5 Å². The van der Waals surface area contributed by atoms with E-state index in [1.165, 1.54) is 24.3 Å². The molecule has 33 heavy (non-hydrogen) atoms. The largest absolute Gasteiger partial charge is 0.480 e. The summed E-state index contributed by atoms with van der Waals surface area (Å²) in [6.45, 7) is 4.38. The molecule has 0 unspecified atom stereocenters. The van der Waals surface area contributed by atoms with Crippen LogP contribution in [0.3, 0.4) is 0 Å². The van der Waals surface area contributed by atoms with Crippen LogP contribution in [0.2, 0.25) is 0 Å². The van der Waals surface area contributed by atoms with E-state index in [1.54, 1.807) is 12.1 Å². The lowest BCUT2D eigenvalue weighted by molar-refractivity contribution is -0.141. The van der Waals surface area contributed by atoms with E-state index in [1.807, 2.05) is 48.2 Å². The number of nitrogens with one attached hydrogen (secondary N) is 1. The standard InChI is InChI=1S/C27H27FN2O3/c1-3-23(18-8-6-5-7-9-18)30-17-20-16-22(14-15-25(20)33-24(4-2)27(30)32)29-26(31)19-10-12-21(28)13-11-19/h5-16,23-24H,3-4,17H2,1-2H3,(H,29,31)/t23-,24+/m0/s1. The van der Waals surface area contributed by atoms with Crippen molar-refractivity contribution in [1.29, 1.82) is 0 Å². The smallest absolute Gasteiger partial charge is 0.264 e. The van der Waals surface area contributed by atoms with Crippen molar-refractivity contribution in [1.82, 2.24) is 4.90 Å². The van der Waals surface area contributed by atoms with E-state index in [9.17, 15) is 14.0 Å². The summed E-state index contributed by atoms with van der Waals surface area (Å²) in [5.74, 6) is -0.130. The average Bonchev–Trinajstić information content (AvgIpc) is 2.97. The third-order valence-corrected chi connectivity index (χ3v) is 5.91. The van der Waals surface area contributed by atoms with Crippen LogP contribution >= 0.6 is 0 Å². The van der Waals surface area contributed by atoms with Crippen molar-refractivity contribution in [3.8, 4) is 5.75 Å². The second kappa shape index (κ2) is 9.86. The third kappa shape index (κ3) is 4.90. The molecule has 3 aromatic rings. The number of rotatable bonds is 6. The number of halogens is 1. The Balaban J connectivity index is 1.64.